The van der Waals surface area contributed by atoms with Gasteiger partial charge in [-0.15, -0.1) is 6.42 Å². The average molecular weight is 161 g/mol. The fourth-order valence-electron chi connectivity index (χ4n) is 0.847. The number of aryl methyl sites for hydroxylation is 1. The van der Waals surface area contributed by atoms with Gasteiger partial charge in [0.05, 0.1) is 5.56 Å². The summed E-state index contributed by atoms with van der Waals surface area (Å²) in [5, 5.41) is 8.69. The molecule has 1 aromatic rings. The fourth-order valence-corrected chi connectivity index (χ4v) is 0.847. The number of nitrogens with zero attached hydrogens (tertiary/aromatic N) is 1. The van der Waals surface area contributed by atoms with Crippen molar-refractivity contribution in [2.24, 2.45) is 0 Å². The van der Waals surface area contributed by atoms with Crippen LogP contribution in [0.1, 0.15) is 21.6 Å². The maximum absolute atomic E-state index is 10.6. The highest BCUT2D eigenvalue weighted by Crippen LogP contribution is 2.06. The van der Waals surface area contributed by atoms with E-state index in [0.717, 1.165) is 5.56 Å². The molecule has 0 aliphatic heterocycles. The molecule has 0 spiro atoms. The first kappa shape index (κ1) is 8.28. The van der Waals surface area contributed by atoms with Crippen molar-refractivity contribution in [1.29, 1.82) is 0 Å². The third kappa shape index (κ3) is 1.43. The van der Waals surface area contributed by atoms with Crippen molar-refractivity contribution in [2.45, 2.75) is 6.92 Å². The summed E-state index contributed by atoms with van der Waals surface area (Å²) in [7, 11) is 0. The molecule has 3 heteroatoms. The first-order chi connectivity index (χ1) is 5.65. The lowest BCUT2D eigenvalue weighted by Crippen LogP contribution is -2.02. The fraction of sp³-hybridized carbons (Fsp3) is 0.111. The monoisotopic (exact) mass is 161 g/mol. The second-order valence-electron chi connectivity index (χ2n) is 2.36. The second-order valence-corrected chi connectivity index (χ2v) is 2.36. The molecule has 1 N–H and O–H groups in total. The van der Waals surface area contributed by atoms with E-state index in [1.165, 1.54) is 6.07 Å². The van der Waals surface area contributed by atoms with Crippen molar-refractivity contribution < 1.29 is 9.90 Å². The molecule has 0 aromatic carbocycles. The molecule has 1 rings (SSSR count). The standard InChI is InChI=1S/C9H7NO2/c1-3-8-7(9(11)12)4-6(2)5-10-8/h1,4-5H,2H3,(H,11,12). The Morgan fingerprint density at radius 2 is 2.42 bits per heavy atom. The molecule has 0 saturated heterocycles. The number of rotatable bonds is 1. The molecule has 1 heterocycles. The molecule has 0 unspecified atom stereocenters. The Morgan fingerprint density at radius 1 is 1.75 bits per heavy atom. The Labute approximate surface area is 70.1 Å². The molecular formula is C9H7NO2. The van der Waals surface area contributed by atoms with Crippen LogP contribution in [0, 0.1) is 19.3 Å². The molecule has 0 fully saturated rings. The minimum Gasteiger partial charge on any atom is -0.478 e. The predicted molar refractivity (Wildman–Crippen MR) is 43.9 cm³/mol. The van der Waals surface area contributed by atoms with Gasteiger partial charge >= 0.3 is 5.97 Å². The van der Waals surface area contributed by atoms with Gasteiger partial charge in [0, 0.05) is 6.20 Å². The van der Waals surface area contributed by atoms with Gasteiger partial charge in [0.25, 0.3) is 0 Å². The number of terminal acetylenes is 1. The molecular weight excluding hydrogens is 154 g/mol. The summed E-state index contributed by atoms with van der Waals surface area (Å²) in [6.07, 6.45) is 6.61. The van der Waals surface area contributed by atoms with Gasteiger partial charge in [-0.25, -0.2) is 9.78 Å². The number of aromatic carboxylic acids is 1. The molecule has 3 nitrogen and oxygen atoms in total. The van der Waals surface area contributed by atoms with Gasteiger partial charge < -0.3 is 5.11 Å². The minimum absolute atomic E-state index is 0.0810. The number of hydrogen-bond acceptors (Lipinski definition) is 2. The number of pyridine rings is 1. The van der Waals surface area contributed by atoms with Crippen molar-refractivity contribution >= 4 is 5.97 Å². The molecule has 12 heavy (non-hydrogen) atoms. The van der Waals surface area contributed by atoms with E-state index < -0.39 is 5.97 Å². The Balaban J connectivity index is 3.34. The van der Waals surface area contributed by atoms with Gasteiger partial charge in [0.1, 0.15) is 5.69 Å². The summed E-state index contributed by atoms with van der Waals surface area (Å²) < 4.78 is 0. The largest absolute Gasteiger partial charge is 0.478 e. The number of carbonyl (C=O) groups is 1. The molecule has 0 atom stereocenters. The summed E-state index contributed by atoms with van der Waals surface area (Å²) in [6, 6.07) is 1.50. The SMILES string of the molecule is C#Cc1ncc(C)cc1C(=O)O. The zero-order valence-corrected chi connectivity index (χ0v) is 6.53. The van der Waals surface area contributed by atoms with Gasteiger partial charge in [-0.1, -0.05) is 0 Å². The number of carboxylic acid groups (broad SMARTS) is 1. The first-order valence-corrected chi connectivity index (χ1v) is 3.31. The zero-order chi connectivity index (χ0) is 9.14. The smallest absolute Gasteiger partial charge is 0.338 e. The normalized spacial score (nSPS) is 9.00. The molecule has 0 radical (unpaired) electrons. The van der Waals surface area contributed by atoms with Crippen LogP contribution < -0.4 is 0 Å². The van der Waals surface area contributed by atoms with E-state index in [4.69, 9.17) is 11.5 Å². The zero-order valence-electron chi connectivity index (χ0n) is 6.53. The van der Waals surface area contributed by atoms with Crippen molar-refractivity contribution in [3.63, 3.8) is 0 Å². The average Bonchev–Trinajstić information content (AvgIpc) is 2.04. The highest BCUT2D eigenvalue weighted by molar-refractivity contribution is 5.90. The summed E-state index contributed by atoms with van der Waals surface area (Å²) >= 11 is 0. The van der Waals surface area contributed by atoms with Gasteiger partial charge in [-0.05, 0) is 24.5 Å². The third-order valence-electron chi connectivity index (χ3n) is 1.39. The van der Waals surface area contributed by atoms with Crippen LogP contribution in [0.2, 0.25) is 0 Å². The molecule has 1 aromatic heterocycles. The highest BCUT2D eigenvalue weighted by atomic mass is 16.4. The van der Waals surface area contributed by atoms with Crippen LogP contribution in [0.3, 0.4) is 0 Å². The maximum Gasteiger partial charge on any atom is 0.338 e. The van der Waals surface area contributed by atoms with Gasteiger partial charge in [0.15, 0.2) is 0 Å². The number of aromatic nitrogens is 1. The van der Waals surface area contributed by atoms with Crippen molar-refractivity contribution in [3.8, 4) is 12.3 Å². The van der Waals surface area contributed by atoms with Crippen LogP contribution in [-0.4, -0.2) is 16.1 Å². The number of carboxylic acids is 1. The van der Waals surface area contributed by atoms with E-state index in [1.54, 1.807) is 13.1 Å². The molecule has 0 amide bonds. The van der Waals surface area contributed by atoms with E-state index in [1.807, 2.05) is 0 Å². The van der Waals surface area contributed by atoms with E-state index in [0.29, 0.717) is 0 Å². The molecule has 0 aliphatic rings. The van der Waals surface area contributed by atoms with Crippen LogP contribution in [0.15, 0.2) is 12.3 Å². The summed E-state index contributed by atoms with van der Waals surface area (Å²) in [6.45, 7) is 1.76. The van der Waals surface area contributed by atoms with Gasteiger partial charge in [0.2, 0.25) is 0 Å². The molecule has 60 valence electrons. The van der Waals surface area contributed by atoms with Crippen LogP contribution >= 0.6 is 0 Å². The van der Waals surface area contributed by atoms with Crippen LogP contribution in [0.5, 0.6) is 0 Å². The Bertz CT molecular complexity index is 363. The van der Waals surface area contributed by atoms with E-state index >= 15 is 0 Å². The highest BCUT2D eigenvalue weighted by Gasteiger charge is 2.08. The minimum atomic E-state index is -1.04. The first-order valence-electron chi connectivity index (χ1n) is 3.31. The van der Waals surface area contributed by atoms with Crippen LogP contribution in [-0.2, 0) is 0 Å². The van der Waals surface area contributed by atoms with E-state index in [-0.39, 0.29) is 11.3 Å². The lowest BCUT2D eigenvalue weighted by Gasteiger charge is -1.98. The lowest BCUT2D eigenvalue weighted by atomic mass is 10.1. The molecule has 0 bridgehead atoms. The Morgan fingerprint density at radius 3 is 2.92 bits per heavy atom. The van der Waals surface area contributed by atoms with Crippen LogP contribution in [0.4, 0.5) is 0 Å². The van der Waals surface area contributed by atoms with Gasteiger partial charge in [-0.3, -0.25) is 0 Å². The van der Waals surface area contributed by atoms with E-state index in [9.17, 15) is 4.79 Å². The topological polar surface area (TPSA) is 50.2 Å². The van der Waals surface area contributed by atoms with Crippen molar-refractivity contribution in [3.05, 3.63) is 29.1 Å². The molecule has 0 saturated carbocycles. The summed E-state index contributed by atoms with van der Waals surface area (Å²) in [4.78, 5) is 14.4. The van der Waals surface area contributed by atoms with Crippen molar-refractivity contribution in [1.82, 2.24) is 4.98 Å². The Kier molecular flexibility index (Phi) is 2.11. The maximum atomic E-state index is 10.6. The van der Waals surface area contributed by atoms with Crippen LogP contribution in [0.25, 0.3) is 0 Å². The predicted octanol–water partition coefficient (Wildman–Crippen LogP) is 1.07. The van der Waals surface area contributed by atoms with Crippen molar-refractivity contribution in [2.75, 3.05) is 0 Å². The van der Waals surface area contributed by atoms with Gasteiger partial charge in [-0.2, -0.15) is 0 Å². The number of hydrogen-bond donors (Lipinski definition) is 1. The quantitative estimate of drug-likeness (QED) is 0.627. The molecule has 0 aliphatic carbocycles. The lowest BCUT2D eigenvalue weighted by molar-refractivity contribution is 0.0696. The summed E-state index contributed by atoms with van der Waals surface area (Å²) in [5.74, 6) is 1.17. The summed E-state index contributed by atoms with van der Waals surface area (Å²) in [5.41, 5.74) is 1.04. The third-order valence-corrected chi connectivity index (χ3v) is 1.39. The van der Waals surface area contributed by atoms with E-state index in [2.05, 4.69) is 10.9 Å². The second kappa shape index (κ2) is 3.05. The Hall–Kier alpha value is -1.82.